The molecule has 0 atom stereocenters. The highest BCUT2D eigenvalue weighted by molar-refractivity contribution is 6.32. The SMILES string of the molecule is CCOC(=O)COc1c(Cl)cc(/C=N/NC(=O)CN2CCOCC2)cc1OC. The molecule has 28 heavy (non-hydrogen) atoms. The van der Waals surface area contributed by atoms with Gasteiger partial charge in [-0.25, -0.2) is 10.2 Å². The molecule has 2 rings (SSSR count). The van der Waals surface area contributed by atoms with Crippen molar-refractivity contribution in [2.75, 3.05) is 53.2 Å². The number of carbonyl (C=O) groups is 2. The minimum atomic E-state index is -0.505. The molecule has 1 aromatic rings. The lowest BCUT2D eigenvalue weighted by Gasteiger charge is -2.25. The Labute approximate surface area is 168 Å². The van der Waals surface area contributed by atoms with Crippen molar-refractivity contribution >= 4 is 29.7 Å². The summed E-state index contributed by atoms with van der Waals surface area (Å²) >= 11 is 6.22. The molecule has 1 N–H and O–H groups in total. The zero-order chi connectivity index (χ0) is 20.4. The van der Waals surface area contributed by atoms with Crippen molar-refractivity contribution in [3.63, 3.8) is 0 Å². The second kappa shape index (κ2) is 11.5. The standard InChI is InChI=1S/C18H24ClN3O6/c1-3-27-17(24)12-28-18-14(19)8-13(9-15(18)25-2)10-20-21-16(23)11-22-4-6-26-7-5-22/h8-10H,3-7,11-12H2,1-2H3,(H,21,23)/b20-10+. The number of methoxy groups -OCH3 is 1. The van der Waals surface area contributed by atoms with Gasteiger partial charge in [0.25, 0.3) is 5.91 Å². The first-order valence-electron chi connectivity index (χ1n) is 8.81. The number of benzene rings is 1. The third-order valence-electron chi connectivity index (χ3n) is 3.77. The van der Waals surface area contributed by atoms with Crippen molar-refractivity contribution in [1.82, 2.24) is 10.3 Å². The fourth-order valence-corrected chi connectivity index (χ4v) is 2.74. The molecule has 0 aliphatic carbocycles. The minimum Gasteiger partial charge on any atom is -0.493 e. The van der Waals surface area contributed by atoms with Crippen molar-refractivity contribution < 1.29 is 28.5 Å². The van der Waals surface area contributed by atoms with Crippen LogP contribution in [0.1, 0.15) is 12.5 Å². The first-order chi connectivity index (χ1) is 13.5. The van der Waals surface area contributed by atoms with E-state index in [0.717, 1.165) is 13.1 Å². The Bertz CT molecular complexity index is 707. The van der Waals surface area contributed by atoms with E-state index in [2.05, 4.69) is 10.5 Å². The molecule has 9 nitrogen and oxygen atoms in total. The van der Waals surface area contributed by atoms with Gasteiger partial charge in [0.1, 0.15) is 0 Å². The number of morpholine rings is 1. The van der Waals surface area contributed by atoms with E-state index in [1.807, 2.05) is 4.90 Å². The van der Waals surface area contributed by atoms with Gasteiger partial charge in [-0.3, -0.25) is 9.69 Å². The van der Waals surface area contributed by atoms with E-state index in [1.165, 1.54) is 13.3 Å². The molecule has 1 aliphatic heterocycles. The third-order valence-corrected chi connectivity index (χ3v) is 4.05. The largest absolute Gasteiger partial charge is 0.493 e. The molecule has 154 valence electrons. The van der Waals surface area contributed by atoms with E-state index in [0.29, 0.717) is 24.5 Å². The average Bonchev–Trinajstić information content (AvgIpc) is 2.67. The molecule has 0 radical (unpaired) electrons. The smallest absolute Gasteiger partial charge is 0.344 e. The lowest BCUT2D eigenvalue weighted by Crippen LogP contribution is -2.42. The number of ether oxygens (including phenoxy) is 4. The summed E-state index contributed by atoms with van der Waals surface area (Å²) in [6.45, 7) is 4.63. The van der Waals surface area contributed by atoms with Gasteiger partial charge in [-0.1, -0.05) is 11.6 Å². The summed E-state index contributed by atoms with van der Waals surface area (Å²) in [4.78, 5) is 25.4. The molecular weight excluding hydrogens is 390 g/mol. The maximum absolute atomic E-state index is 11.9. The Hall–Kier alpha value is -2.36. The molecule has 0 saturated carbocycles. The van der Waals surface area contributed by atoms with E-state index in [1.54, 1.807) is 19.1 Å². The number of amides is 1. The van der Waals surface area contributed by atoms with Crippen molar-refractivity contribution in [3.05, 3.63) is 22.7 Å². The number of hydrogen-bond donors (Lipinski definition) is 1. The number of hydrazone groups is 1. The summed E-state index contributed by atoms with van der Waals surface area (Å²) in [5, 5.41) is 4.18. The number of halogens is 1. The number of nitrogens with one attached hydrogen (secondary N) is 1. The van der Waals surface area contributed by atoms with Crippen LogP contribution in [-0.4, -0.2) is 76.2 Å². The fourth-order valence-electron chi connectivity index (χ4n) is 2.46. The van der Waals surface area contributed by atoms with Gasteiger partial charge in [-0.05, 0) is 24.6 Å². The highest BCUT2D eigenvalue weighted by Gasteiger charge is 2.15. The van der Waals surface area contributed by atoms with Gasteiger partial charge >= 0.3 is 5.97 Å². The summed E-state index contributed by atoms with van der Waals surface area (Å²) in [6, 6.07) is 3.21. The van der Waals surface area contributed by atoms with Crippen LogP contribution in [0.15, 0.2) is 17.2 Å². The Kier molecular flexibility index (Phi) is 8.99. The highest BCUT2D eigenvalue weighted by atomic mass is 35.5. The van der Waals surface area contributed by atoms with Gasteiger partial charge in [0.2, 0.25) is 0 Å². The average molecular weight is 414 g/mol. The van der Waals surface area contributed by atoms with Crippen molar-refractivity contribution in [1.29, 1.82) is 0 Å². The van der Waals surface area contributed by atoms with Crippen molar-refractivity contribution in [2.45, 2.75) is 6.92 Å². The van der Waals surface area contributed by atoms with E-state index in [4.69, 9.17) is 30.5 Å². The molecule has 0 aromatic heterocycles. The molecule has 1 heterocycles. The number of carbonyl (C=O) groups excluding carboxylic acids is 2. The predicted octanol–water partition coefficient (Wildman–Crippen LogP) is 1.07. The molecule has 10 heteroatoms. The maximum atomic E-state index is 11.9. The summed E-state index contributed by atoms with van der Waals surface area (Å²) in [5.41, 5.74) is 3.07. The van der Waals surface area contributed by atoms with Crippen LogP contribution >= 0.6 is 11.6 Å². The highest BCUT2D eigenvalue weighted by Crippen LogP contribution is 2.36. The molecule has 1 saturated heterocycles. The molecule has 1 aliphatic rings. The Morgan fingerprint density at radius 2 is 2.11 bits per heavy atom. The number of esters is 1. The van der Waals surface area contributed by atoms with E-state index in [-0.39, 0.29) is 36.4 Å². The topological polar surface area (TPSA) is 98.7 Å². The second-order valence-corrected chi connectivity index (χ2v) is 6.22. The molecular formula is C18H24ClN3O6. The van der Waals surface area contributed by atoms with Gasteiger partial charge in [-0.15, -0.1) is 0 Å². The predicted molar refractivity (Wildman–Crippen MR) is 103 cm³/mol. The Morgan fingerprint density at radius 1 is 1.36 bits per heavy atom. The van der Waals surface area contributed by atoms with E-state index < -0.39 is 5.97 Å². The normalized spacial score (nSPS) is 14.7. The van der Waals surface area contributed by atoms with Crippen molar-refractivity contribution in [3.8, 4) is 11.5 Å². The summed E-state index contributed by atoms with van der Waals surface area (Å²) in [5.74, 6) is -0.163. The van der Waals surface area contributed by atoms with Crippen molar-refractivity contribution in [2.24, 2.45) is 5.10 Å². The quantitative estimate of drug-likeness (QED) is 0.367. The Morgan fingerprint density at radius 3 is 2.79 bits per heavy atom. The van der Waals surface area contributed by atoms with Gasteiger partial charge in [-0.2, -0.15) is 5.10 Å². The molecule has 0 bridgehead atoms. The zero-order valence-corrected chi connectivity index (χ0v) is 16.7. The van der Waals surface area contributed by atoms with Crippen LogP contribution in [0.5, 0.6) is 11.5 Å². The van der Waals surface area contributed by atoms with Crippen LogP contribution in [-0.2, 0) is 19.1 Å². The molecule has 1 fully saturated rings. The van der Waals surface area contributed by atoms with Gasteiger partial charge in [0, 0.05) is 13.1 Å². The molecule has 0 spiro atoms. The van der Waals surface area contributed by atoms with E-state index >= 15 is 0 Å². The van der Waals surface area contributed by atoms with Crippen LogP contribution in [0.3, 0.4) is 0 Å². The number of hydrogen-bond acceptors (Lipinski definition) is 8. The molecule has 1 aromatic carbocycles. The van der Waals surface area contributed by atoms with Crippen LogP contribution < -0.4 is 14.9 Å². The van der Waals surface area contributed by atoms with Crippen LogP contribution in [0.25, 0.3) is 0 Å². The first-order valence-corrected chi connectivity index (χ1v) is 9.19. The third kappa shape index (κ3) is 6.99. The monoisotopic (exact) mass is 413 g/mol. The molecule has 0 unspecified atom stereocenters. The summed E-state index contributed by atoms with van der Waals surface area (Å²) in [7, 11) is 1.45. The lowest BCUT2D eigenvalue weighted by molar-refractivity contribution is -0.145. The summed E-state index contributed by atoms with van der Waals surface area (Å²) in [6.07, 6.45) is 1.45. The maximum Gasteiger partial charge on any atom is 0.344 e. The van der Waals surface area contributed by atoms with Gasteiger partial charge in [0.15, 0.2) is 18.1 Å². The lowest BCUT2D eigenvalue weighted by atomic mass is 10.2. The Balaban J connectivity index is 1.93. The second-order valence-electron chi connectivity index (χ2n) is 5.81. The first kappa shape index (κ1) is 21.9. The van der Waals surface area contributed by atoms with E-state index in [9.17, 15) is 9.59 Å². The zero-order valence-electron chi connectivity index (χ0n) is 15.9. The fraction of sp³-hybridized carbons (Fsp3) is 0.500. The number of nitrogens with zero attached hydrogens (tertiary/aromatic N) is 2. The summed E-state index contributed by atoms with van der Waals surface area (Å²) < 4.78 is 20.7. The van der Waals surface area contributed by atoms with Gasteiger partial charge < -0.3 is 18.9 Å². The van der Waals surface area contributed by atoms with Crippen LogP contribution in [0.4, 0.5) is 0 Å². The molecule has 1 amide bonds. The van der Waals surface area contributed by atoms with Crippen LogP contribution in [0.2, 0.25) is 5.02 Å². The van der Waals surface area contributed by atoms with Crippen LogP contribution in [0, 0.1) is 0 Å². The van der Waals surface area contributed by atoms with Gasteiger partial charge in [0.05, 0.1) is 44.7 Å². The number of rotatable bonds is 9. The minimum absolute atomic E-state index is 0.217.